The lowest BCUT2D eigenvalue weighted by Gasteiger charge is -2.22. The highest BCUT2D eigenvalue weighted by Gasteiger charge is 2.17. The van der Waals surface area contributed by atoms with Crippen molar-refractivity contribution in [1.29, 1.82) is 0 Å². The second-order valence-corrected chi connectivity index (χ2v) is 6.37. The van der Waals surface area contributed by atoms with E-state index in [4.69, 9.17) is 4.74 Å². The van der Waals surface area contributed by atoms with Crippen molar-refractivity contribution in [3.05, 3.63) is 60.5 Å². The number of ether oxygens (including phenoxy) is 1. The number of nitrogens with zero attached hydrogens (tertiary/aromatic N) is 1. The van der Waals surface area contributed by atoms with E-state index in [1.807, 2.05) is 51.1 Å². The summed E-state index contributed by atoms with van der Waals surface area (Å²) in [5.41, 5.74) is 1.16. The first-order valence-corrected chi connectivity index (χ1v) is 7.52. The maximum atomic E-state index is 13.4. The van der Waals surface area contributed by atoms with E-state index in [0.717, 1.165) is 16.5 Å². The smallest absolute Gasteiger partial charge is 0.223 e. The van der Waals surface area contributed by atoms with Gasteiger partial charge in [-0.15, -0.1) is 0 Å². The molecule has 0 atom stereocenters. The van der Waals surface area contributed by atoms with E-state index < -0.39 is 0 Å². The van der Waals surface area contributed by atoms with Crippen molar-refractivity contribution in [3.8, 4) is 5.88 Å². The van der Waals surface area contributed by atoms with Crippen molar-refractivity contribution < 1.29 is 9.13 Å². The van der Waals surface area contributed by atoms with Crippen molar-refractivity contribution in [2.45, 2.75) is 26.4 Å². The summed E-state index contributed by atoms with van der Waals surface area (Å²) in [4.78, 5) is 4.38. The Morgan fingerprint density at radius 1 is 1.04 bits per heavy atom. The molecule has 4 heteroatoms. The number of hydrogen-bond acceptors (Lipinski definition) is 3. The van der Waals surface area contributed by atoms with Crippen molar-refractivity contribution in [2.75, 3.05) is 5.32 Å². The summed E-state index contributed by atoms with van der Waals surface area (Å²) in [5, 5.41) is 5.15. The Labute approximate surface area is 135 Å². The van der Waals surface area contributed by atoms with Crippen LogP contribution in [0.15, 0.2) is 54.7 Å². The Hall–Kier alpha value is -2.62. The summed E-state index contributed by atoms with van der Waals surface area (Å²) in [5.74, 6) is 0.286. The second-order valence-electron chi connectivity index (χ2n) is 6.37. The zero-order chi connectivity index (χ0) is 16.4. The van der Waals surface area contributed by atoms with Gasteiger partial charge in [0.15, 0.2) is 0 Å². The first-order chi connectivity index (χ1) is 10.9. The lowest BCUT2D eigenvalue weighted by atomic mass is 10.1. The molecule has 0 aliphatic heterocycles. The second kappa shape index (κ2) is 5.88. The van der Waals surface area contributed by atoms with Crippen LogP contribution < -0.4 is 10.1 Å². The van der Waals surface area contributed by atoms with E-state index in [2.05, 4.69) is 10.3 Å². The molecule has 0 aliphatic rings. The molecule has 0 fully saturated rings. The van der Waals surface area contributed by atoms with Gasteiger partial charge in [-0.3, -0.25) is 0 Å². The summed E-state index contributed by atoms with van der Waals surface area (Å²) < 4.78 is 19.4. The summed E-state index contributed by atoms with van der Waals surface area (Å²) in [6, 6.07) is 14.2. The lowest BCUT2D eigenvalue weighted by molar-refractivity contribution is 0.126. The Morgan fingerprint density at radius 3 is 2.57 bits per heavy atom. The molecule has 23 heavy (non-hydrogen) atoms. The van der Waals surface area contributed by atoms with Crippen molar-refractivity contribution in [1.82, 2.24) is 4.98 Å². The third-order valence-electron chi connectivity index (χ3n) is 3.26. The Balaban J connectivity index is 2.09. The molecule has 118 valence electrons. The van der Waals surface area contributed by atoms with Gasteiger partial charge in [-0.25, -0.2) is 9.37 Å². The summed E-state index contributed by atoms with van der Waals surface area (Å²) in [7, 11) is 0. The Kier molecular flexibility index (Phi) is 3.90. The van der Waals surface area contributed by atoms with Crippen LogP contribution in [0.2, 0.25) is 0 Å². The largest absolute Gasteiger partial charge is 0.471 e. The van der Waals surface area contributed by atoms with Crippen LogP contribution in [0.4, 0.5) is 15.8 Å². The van der Waals surface area contributed by atoms with Gasteiger partial charge in [-0.2, -0.15) is 0 Å². The molecule has 0 saturated carbocycles. The molecule has 0 radical (unpaired) electrons. The van der Waals surface area contributed by atoms with Crippen LogP contribution in [0.5, 0.6) is 5.88 Å². The molecule has 1 N–H and O–H groups in total. The number of rotatable bonds is 3. The number of halogens is 1. The molecule has 0 amide bonds. The van der Waals surface area contributed by atoms with Gasteiger partial charge in [0.2, 0.25) is 5.88 Å². The van der Waals surface area contributed by atoms with Gasteiger partial charge < -0.3 is 10.1 Å². The number of fused-ring (bicyclic) bond motifs is 1. The first kappa shape index (κ1) is 15.3. The average Bonchev–Trinajstić information content (AvgIpc) is 2.46. The number of aromatic nitrogens is 1. The summed E-state index contributed by atoms with van der Waals surface area (Å²) >= 11 is 0. The number of pyridine rings is 1. The Bertz CT molecular complexity index is 835. The fraction of sp³-hybridized carbons (Fsp3) is 0.211. The quantitative estimate of drug-likeness (QED) is 0.713. The number of anilines is 2. The normalized spacial score (nSPS) is 11.5. The third-order valence-corrected chi connectivity index (χ3v) is 3.26. The fourth-order valence-electron chi connectivity index (χ4n) is 2.39. The third kappa shape index (κ3) is 3.59. The minimum absolute atomic E-state index is 0.278. The highest BCUT2D eigenvalue weighted by atomic mass is 19.1. The van der Waals surface area contributed by atoms with Gasteiger partial charge in [0, 0.05) is 11.9 Å². The van der Waals surface area contributed by atoms with Crippen LogP contribution in [-0.2, 0) is 0 Å². The van der Waals surface area contributed by atoms with Gasteiger partial charge >= 0.3 is 0 Å². The maximum Gasteiger partial charge on any atom is 0.223 e. The van der Waals surface area contributed by atoms with Crippen LogP contribution in [-0.4, -0.2) is 10.6 Å². The molecular formula is C19H19FN2O. The predicted molar refractivity (Wildman–Crippen MR) is 91.8 cm³/mol. The van der Waals surface area contributed by atoms with Gasteiger partial charge in [0.05, 0.1) is 11.1 Å². The predicted octanol–water partition coefficient (Wildman–Crippen LogP) is 5.29. The standard InChI is InChI=1S/C19H19FN2O/c1-19(2,3)23-18-17-13(10-11-21-18)6-4-9-16(17)22-15-8-5-7-14(20)12-15/h4-12,22H,1-3H3. The monoisotopic (exact) mass is 310 g/mol. The van der Waals surface area contributed by atoms with E-state index in [9.17, 15) is 4.39 Å². The van der Waals surface area contributed by atoms with Crippen LogP contribution in [0.1, 0.15) is 20.8 Å². The molecule has 2 aromatic carbocycles. The molecule has 0 aliphatic carbocycles. The Morgan fingerprint density at radius 2 is 1.83 bits per heavy atom. The highest BCUT2D eigenvalue weighted by Crippen LogP contribution is 2.34. The van der Waals surface area contributed by atoms with Crippen LogP contribution in [0.25, 0.3) is 10.8 Å². The molecule has 1 heterocycles. The van der Waals surface area contributed by atoms with E-state index in [0.29, 0.717) is 11.6 Å². The zero-order valence-electron chi connectivity index (χ0n) is 13.4. The minimum atomic E-state index is -0.354. The molecule has 3 nitrogen and oxygen atoms in total. The average molecular weight is 310 g/mol. The van der Waals surface area contributed by atoms with Crippen molar-refractivity contribution >= 4 is 22.1 Å². The molecular weight excluding hydrogens is 291 g/mol. The number of benzene rings is 2. The zero-order valence-corrected chi connectivity index (χ0v) is 13.4. The van der Waals surface area contributed by atoms with E-state index in [1.165, 1.54) is 12.1 Å². The molecule has 0 saturated heterocycles. The molecule has 0 bridgehead atoms. The maximum absolute atomic E-state index is 13.4. The highest BCUT2D eigenvalue weighted by molar-refractivity contribution is 5.98. The van der Waals surface area contributed by atoms with Gasteiger partial charge in [0.1, 0.15) is 11.4 Å². The molecule has 3 aromatic rings. The molecule has 0 unspecified atom stereocenters. The van der Waals surface area contributed by atoms with E-state index in [1.54, 1.807) is 12.3 Å². The number of nitrogens with one attached hydrogen (secondary N) is 1. The van der Waals surface area contributed by atoms with Gasteiger partial charge in [0.25, 0.3) is 0 Å². The van der Waals surface area contributed by atoms with E-state index in [-0.39, 0.29) is 11.4 Å². The lowest BCUT2D eigenvalue weighted by Crippen LogP contribution is -2.23. The topological polar surface area (TPSA) is 34.1 Å². The fourth-order valence-corrected chi connectivity index (χ4v) is 2.39. The minimum Gasteiger partial charge on any atom is -0.471 e. The van der Waals surface area contributed by atoms with Gasteiger partial charge in [-0.1, -0.05) is 18.2 Å². The van der Waals surface area contributed by atoms with Crippen molar-refractivity contribution in [2.24, 2.45) is 0 Å². The van der Waals surface area contributed by atoms with Gasteiger partial charge in [-0.05, 0) is 56.5 Å². The number of hydrogen-bond donors (Lipinski definition) is 1. The van der Waals surface area contributed by atoms with Crippen LogP contribution in [0, 0.1) is 5.82 Å². The van der Waals surface area contributed by atoms with Crippen molar-refractivity contribution in [3.63, 3.8) is 0 Å². The summed E-state index contributed by atoms with van der Waals surface area (Å²) in [6.45, 7) is 5.95. The SMILES string of the molecule is CC(C)(C)Oc1nccc2cccc(Nc3cccc(F)c3)c12. The molecule has 3 rings (SSSR count). The van der Waals surface area contributed by atoms with Crippen LogP contribution >= 0.6 is 0 Å². The van der Waals surface area contributed by atoms with Crippen LogP contribution in [0.3, 0.4) is 0 Å². The summed E-state index contributed by atoms with van der Waals surface area (Å²) in [6.07, 6.45) is 1.73. The first-order valence-electron chi connectivity index (χ1n) is 7.52. The molecule has 1 aromatic heterocycles. The molecule has 0 spiro atoms. The van der Waals surface area contributed by atoms with E-state index >= 15 is 0 Å².